The smallest absolute Gasteiger partial charge is 0.322 e. The molecule has 0 saturated carbocycles. The van der Waals surface area contributed by atoms with E-state index in [0.29, 0.717) is 5.02 Å². The van der Waals surface area contributed by atoms with Gasteiger partial charge in [0.05, 0.1) is 0 Å². The van der Waals surface area contributed by atoms with Gasteiger partial charge in [-0.3, -0.25) is 9.78 Å². The number of carbonyl (C=O) groups is 1. The summed E-state index contributed by atoms with van der Waals surface area (Å²) in [6.07, 6.45) is 1.64. The van der Waals surface area contributed by atoms with Crippen LogP contribution in [0.3, 0.4) is 0 Å². The van der Waals surface area contributed by atoms with Gasteiger partial charge in [-0.2, -0.15) is 0 Å². The van der Waals surface area contributed by atoms with Crippen LogP contribution in [0, 0.1) is 13.8 Å². The van der Waals surface area contributed by atoms with Crippen molar-refractivity contribution in [1.82, 2.24) is 4.98 Å². The Morgan fingerprint density at radius 3 is 2.48 bits per heavy atom. The molecule has 1 aromatic heterocycles. The first-order chi connectivity index (χ1) is 9.88. The molecule has 2 aromatic rings. The summed E-state index contributed by atoms with van der Waals surface area (Å²) in [4.78, 5) is 14.2. The second kappa shape index (κ2) is 8.49. The summed E-state index contributed by atoms with van der Waals surface area (Å²) in [6.45, 7) is 3.73. The predicted molar refractivity (Wildman–Crippen MR) is 86.3 cm³/mol. The molecule has 2 N–H and O–H groups in total. The van der Waals surface area contributed by atoms with Crippen molar-refractivity contribution < 1.29 is 9.90 Å². The van der Waals surface area contributed by atoms with Crippen LogP contribution in [-0.4, -0.2) is 22.6 Å². The van der Waals surface area contributed by atoms with Crippen molar-refractivity contribution in [2.75, 3.05) is 11.9 Å². The summed E-state index contributed by atoms with van der Waals surface area (Å²) < 4.78 is 0. The fraction of sp³-hybridized carbons (Fsp3) is 0.200. The Bertz CT molecular complexity index is 618. The number of hydrogen-bond acceptors (Lipinski definition) is 3. The standard InChI is InChI=1S/C8H10N2O2.C7H6Cl2/c1-6-4-7(2-3-9-6)10-5-8(11)12;1-5-2-3-6(8)4-7(5)9/h2-4H,5H2,1H3,(H,9,10)(H,11,12);2-4H,1H3. The summed E-state index contributed by atoms with van der Waals surface area (Å²) >= 11 is 11.4. The minimum absolute atomic E-state index is 0.0660. The number of aliphatic carboxylic acids is 1. The van der Waals surface area contributed by atoms with Gasteiger partial charge in [0.25, 0.3) is 0 Å². The Morgan fingerprint density at radius 2 is 1.95 bits per heavy atom. The molecule has 21 heavy (non-hydrogen) atoms. The van der Waals surface area contributed by atoms with Gasteiger partial charge in [0, 0.05) is 27.6 Å². The van der Waals surface area contributed by atoms with E-state index in [1.807, 2.05) is 26.0 Å². The average Bonchev–Trinajstić information content (AvgIpc) is 2.42. The van der Waals surface area contributed by atoms with Gasteiger partial charge < -0.3 is 10.4 Å². The maximum atomic E-state index is 10.2. The van der Waals surface area contributed by atoms with E-state index in [4.69, 9.17) is 28.3 Å². The van der Waals surface area contributed by atoms with Crippen LogP contribution >= 0.6 is 23.2 Å². The van der Waals surface area contributed by atoms with Crippen LogP contribution in [0.25, 0.3) is 0 Å². The first-order valence-electron chi connectivity index (χ1n) is 6.18. The van der Waals surface area contributed by atoms with E-state index >= 15 is 0 Å². The zero-order valence-corrected chi connectivity index (χ0v) is 13.2. The van der Waals surface area contributed by atoms with Crippen LogP contribution < -0.4 is 5.32 Å². The average molecular weight is 327 g/mol. The first kappa shape index (κ1) is 17.3. The lowest BCUT2D eigenvalue weighted by molar-refractivity contribution is -0.134. The van der Waals surface area contributed by atoms with E-state index in [1.54, 1.807) is 24.4 Å². The van der Waals surface area contributed by atoms with E-state index in [2.05, 4.69) is 10.3 Å². The SMILES string of the molecule is Cc1cc(NCC(=O)O)ccn1.Cc1ccc(Cl)cc1Cl. The zero-order valence-electron chi connectivity index (χ0n) is 11.7. The number of nitrogens with one attached hydrogen (secondary N) is 1. The van der Waals surface area contributed by atoms with Crippen LogP contribution in [0.2, 0.25) is 10.0 Å². The highest BCUT2D eigenvalue weighted by Gasteiger charge is 1.96. The molecule has 1 aromatic carbocycles. The number of aryl methyl sites for hydroxylation is 2. The summed E-state index contributed by atoms with van der Waals surface area (Å²) in [7, 11) is 0. The number of carboxylic acids is 1. The van der Waals surface area contributed by atoms with Crippen molar-refractivity contribution in [2.24, 2.45) is 0 Å². The molecule has 0 spiro atoms. The third-order valence-electron chi connectivity index (χ3n) is 2.47. The largest absolute Gasteiger partial charge is 0.480 e. The monoisotopic (exact) mass is 326 g/mol. The van der Waals surface area contributed by atoms with Crippen LogP contribution in [0.4, 0.5) is 5.69 Å². The third-order valence-corrected chi connectivity index (χ3v) is 3.12. The number of benzene rings is 1. The topological polar surface area (TPSA) is 62.2 Å². The molecule has 0 fully saturated rings. The lowest BCUT2D eigenvalue weighted by Crippen LogP contribution is -2.12. The van der Waals surface area contributed by atoms with Crippen molar-refractivity contribution in [1.29, 1.82) is 0 Å². The maximum absolute atomic E-state index is 10.2. The molecule has 0 bridgehead atoms. The van der Waals surface area contributed by atoms with Crippen molar-refractivity contribution >= 4 is 34.9 Å². The Balaban J connectivity index is 0.000000219. The highest BCUT2D eigenvalue weighted by Crippen LogP contribution is 2.19. The Kier molecular flexibility index (Phi) is 6.99. The number of pyridine rings is 1. The molecule has 112 valence electrons. The molecule has 0 radical (unpaired) electrons. The number of rotatable bonds is 3. The van der Waals surface area contributed by atoms with Gasteiger partial charge in [-0.15, -0.1) is 0 Å². The second-order valence-electron chi connectivity index (χ2n) is 4.33. The summed E-state index contributed by atoms with van der Waals surface area (Å²) in [5.41, 5.74) is 2.70. The Labute approximate surface area is 133 Å². The fourth-order valence-electron chi connectivity index (χ4n) is 1.40. The number of halogens is 2. The molecule has 0 unspecified atom stereocenters. The van der Waals surface area contributed by atoms with E-state index < -0.39 is 5.97 Å². The summed E-state index contributed by atoms with van der Waals surface area (Å²) in [5, 5.41) is 12.5. The molecule has 0 saturated heterocycles. The van der Waals surface area contributed by atoms with Gasteiger partial charge in [0.15, 0.2) is 0 Å². The lowest BCUT2D eigenvalue weighted by Gasteiger charge is -2.02. The minimum Gasteiger partial charge on any atom is -0.480 e. The maximum Gasteiger partial charge on any atom is 0.322 e. The number of aromatic nitrogens is 1. The van der Waals surface area contributed by atoms with E-state index in [9.17, 15) is 4.79 Å². The molecule has 2 rings (SSSR count). The van der Waals surface area contributed by atoms with Gasteiger partial charge in [0.2, 0.25) is 0 Å². The van der Waals surface area contributed by atoms with E-state index in [1.165, 1.54) is 0 Å². The minimum atomic E-state index is -0.871. The first-order valence-corrected chi connectivity index (χ1v) is 6.94. The van der Waals surface area contributed by atoms with Crippen molar-refractivity contribution in [3.8, 4) is 0 Å². The molecule has 1 heterocycles. The quantitative estimate of drug-likeness (QED) is 0.887. The summed E-state index contributed by atoms with van der Waals surface area (Å²) in [5.74, 6) is -0.871. The molecule has 4 nitrogen and oxygen atoms in total. The molecular formula is C15H16Cl2N2O2. The van der Waals surface area contributed by atoms with Gasteiger partial charge in [-0.1, -0.05) is 29.3 Å². The Hall–Kier alpha value is -1.78. The third kappa shape index (κ3) is 6.97. The summed E-state index contributed by atoms with van der Waals surface area (Å²) in [6, 6.07) is 8.98. The number of anilines is 1. The molecule has 0 amide bonds. The van der Waals surface area contributed by atoms with Crippen LogP contribution in [0.1, 0.15) is 11.3 Å². The second-order valence-corrected chi connectivity index (χ2v) is 5.17. The molecule has 0 atom stereocenters. The number of nitrogens with zero attached hydrogens (tertiary/aromatic N) is 1. The van der Waals surface area contributed by atoms with Crippen LogP contribution in [-0.2, 0) is 4.79 Å². The van der Waals surface area contributed by atoms with Gasteiger partial charge in [0.1, 0.15) is 6.54 Å². The molecular weight excluding hydrogens is 311 g/mol. The molecule has 0 aliphatic heterocycles. The molecule has 0 aliphatic carbocycles. The highest BCUT2D eigenvalue weighted by atomic mass is 35.5. The van der Waals surface area contributed by atoms with Crippen molar-refractivity contribution in [3.63, 3.8) is 0 Å². The van der Waals surface area contributed by atoms with Gasteiger partial charge in [-0.25, -0.2) is 0 Å². The lowest BCUT2D eigenvalue weighted by atomic mass is 10.2. The number of carboxylic acid groups (broad SMARTS) is 1. The molecule has 0 aliphatic rings. The van der Waals surface area contributed by atoms with Crippen molar-refractivity contribution in [2.45, 2.75) is 13.8 Å². The van der Waals surface area contributed by atoms with Crippen molar-refractivity contribution in [3.05, 3.63) is 57.8 Å². The highest BCUT2D eigenvalue weighted by molar-refractivity contribution is 6.35. The van der Waals surface area contributed by atoms with Gasteiger partial charge >= 0.3 is 5.97 Å². The van der Waals surface area contributed by atoms with E-state index in [0.717, 1.165) is 22.0 Å². The predicted octanol–water partition coefficient (Wildman–Crippen LogP) is 4.19. The zero-order chi connectivity index (χ0) is 15.8. The molecule has 6 heteroatoms. The fourth-order valence-corrected chi connectivity index (χ4v) is 1.81. The van der Waals surface area contributed by atoms with Crippen LogP contribution in [0.5, 0.6) is 0 Å². The van der Waals surface area contributed by atoms with Crippen LogP contribution in [0.15, 0.2) is 36.5 Å². The number of hydrogen-bond donors (Lipinski definition) is 2. The Morgan fingerprint density at radius 1 is 1.24 bits per heavy atom. The normalized spacial score (nSPS) is 9.52. The van der Waals surface area contributed by atoms with Gasteiger partial charge in [-0.05, 0) is 43.7 Å². The van der Waals surface area contributed by atoms with E-state index in [-0.39, 0.29) is 6.54 Å².